The normalized spacial score (nSPS) is 21.5. The Kier molecular flexibility index (Phi) is 3.63. The smallest absolute Gasteiger partial charge is 0.337 e. The Bertz CT molecular complexity index is 496. The van der Waals surface area contributed by atoms with Crippen molar-refractivity contribution in [2.24, 2.45) is 0 Å². The van der Waals surface area contributed by atoms with Gasteiger partial charge in [0.1, 0.15) is 11.9 Å². The van der Waals surface area contributed by atoms with Crippen LogP contribution in [0.1, 0.15) is 15.9 Å². The number of alkyl halides is 2. The zero-order chi connectivity index (χ0) is 14.0. The van der Waals surface area contributed by atoms with Crippen molar-refractivity contribution >= 4 is 11.8 Å². The van der Waals surface area contributed by atoms with E-state index in [0.717, 1.165) is 6.20 Å². The van der Waals surface area contributed by atoms with Gasteiger partial charge in [-0.3, -0.25) is 0 Å². The van der Waals surface area contributed by atoms with Gasteiger partial charge in [0.15, 0.2) is 0 Å². The molecule has 1 aromatic rings. The molecule has 2 rings (SSSR count). The zero-order valence-corrected chi connectivity index (χ0v) is 9.90. The second kappa shape index (κ2) is 5.06. The van der Waals surface area contributed by atoms with Gasteiger partial charge in [-0.05, 0) is 6.07 Å². The number of nitrogen functional groups attached to an aromatic ring is 1. The van der Waals surface area contributed by atoms with Crippen LogP contribution in [0.25, 0.3) is 0 Å². The topological polar surface area (TPSA) is 97.5 Å². The number of aromatic nitrogens is 1. The number of halogens is 2. The molecule has 1 aromatic heterocycles. The highest BCUT2D eigenvalue weighted by atomic mass is 19.3. The molecular weight excluding hydrogens is 260 g/mol. The van der Waals surface area contributed by atoms with E-state index in [9.17, 15) is 13.6 Å². The highest BCUT2D eigenvalue weighted by molar-refractivity contribution is 5.87. The third kappa shape index (κ3) is 2.96. The van der Waals surface area contributed by atoms with Crippen LogP contribution in [0.3, 0.4) is 0 Å². The van der Waals surface area contributed by atoms with Crippen LogP contribution in [0.4, 0.5) is 14.6 Å². The fourth-order valence-corrected chi connectivity index (χ4v) is 1.76. The van der Waals surface area contributed by atoms with Gasteiger partial charge >= 0.3 is 5.97 Å². The fourth-order valence-electron chi connectivity index (χ4n) is 1.76. The van der Waals surface area contributed by atoms with Gasteiger partial charge in [-0.15, -0.1) is 0 Å². The van der Waals surface area contributed by atoms with Crippen LogP contribution in [0.2, 0.25) is 0 Å². The molecule has 0 bridgehead atoms. The van der Waals surface area contributed by atoms with Gasteiger partial charge in [-0.2, -0.15) is 0 Å². The number of ether oxygens (including phenoxy) is 1. The van der Waals surface area contributed by atoms with Crippen molar-refractivity contribution in [1.29, 1.82) is 0 Å². The van der Waals surface area contributed by atoms with E-state index in [2.05, 4.69) is 10.3 Å². The molecule has 0 aromatic carbocycles. The predicted octanol–water partition coefficient (Wildman–Crippen LogP) is 0.486. The highest BCUT2D eigenvalue weighted by Gasteiger charge is 2.44. The van der Waals surface area contributed by atoms with Crippen LogP contribution in [0, 0.1) is 0 Å². The molecule has 1 atom stereocenters. The molecule has 0 spiro atoms. The number of carboxylic acid groups (broad SMARTS) is 1. The summed E-state index contributed by atoms with van der Waals surface area (Å²) < 4.78 is 31.7. The third-order valence-corrected chi connectivity index (χ3v) is 2.85. The maximum atomic E-state index is 13.3. The molecule has 0 saturated carbocycles. The summed E-state index contributed by atoms with van der Waals surface area (Å²) in [6, 6.07) is 1.27. The summed E-state index contributed by atoms with van der Waals surface area (Å²) in [5, 5.41) is 11.3. The second-order valence-electron chi connectivity index (χ2n) is 4.27. The third-order valence-electron chi connectivity index (χ3n) is 2.85. The van der Waals surface area contributed by atoms with Crippen LogP contribution in [0.5, 0.6) is 0 Å². The first-order chi connectivity index (χ1) is 8.90. The Morgan fingerprint density at radius 2 is 2.42 bits per heavy atom. The second-order valence-corrected chi connectivity index (χ2v) is 4.27. The molecule has 1 fully saturated rings. The summed E-state index contributed by atoms with van der Waals surface area (Å²) in [5.74, 6) is -4.03. The van der Waals surface area contributed by atoms with Gasteiger partial charge in [-0.1, -0.05) is 0 Å². The lowest BCUT2D eigenvalue weighted by Crippen LogP contribution is -2.34. The van der Waals surface area contributed by atoms with Crippen molar-refractivity contribution in [3.63, 3.8) is 0 Å². The molecule has 0 amide bonds. The lowest BCUT2D eigenvalue weighted by molar-refractivity contribution is -0.110. The predicted molar refractivity (Wildman–Crippen MR) is 62.0 cm³/mol. The van der Waals surface area contributed by atoms with E-state index in [4.69, 9.17) is 15.6 Å². The van der Waals surface area contributed by atoms with Crippen LogP contribution in [-0.4, -0.2) is 41.2 Å². The van der Waals surface area contributed by atoms with Crippen molar-refractivity contribution in [2.75, 3.05) is 18.8 Å². The van der Waals surface area contributed by atoms with Gasteiger partial charge in [0.05, 0.1) is 18.7 Å². The molecule has 19 heavy (non-hydrogen) atoms. The minimum Gasteiger partial charge on any atom is -0.478 e. The standard InChI is InChI=1S/C11H13F2N3O3/c12-11(13)5-15-3-8(11)19-4-7-1-6(10(17)18)2-16-9(7)14/h1-2,8,15H,3-5H2,(H2,14,16)(H,17,18). The molecule has 6 nitrogen and oxygen atoms in total. The molecule has 1 aliphatic rings. The summed E-state index contributed by atoms with van der Waals surface area (Å²) in [6.07, 6.45) is -0.146. The SMILES string of the molecule is Nc1ncc(C(=O)O)cc1COC1CNCC1(F)F. The summed E-state index contributed by atoms with van der Waals surface area (Å²) in [4.78, 5) is 14.5. The Labute approximate surface area is 107 Å². The van der Waals surface area contributed by atoms with Crippen molar-refractivity contribution in [1.82, 2.24) is 10.3 Å². The average molecular weight is 273 g/mol. The molecule has 1 aliphatic heterocycles. The van der Waals surface area contributed by atoms with Crippen LogP contribution >= 0.6 is 0 Å². The van der Waals surface area contributed by atoms with E-state index in [1.165, 1.54) is 6.07 Å². The first kappa shape index (κ1) is 13.6. The van der Waals surface area contributed by atoms with Gasteiger partial charge in [0.2, 0.25) is 0 Å². The minimum atomic E-state index is -2.94. The number of nitrogens with zero attached hydrogens (tertiary/aromatic N) is 1. The largest absolute Gasteiger partial charge is 0.478 e. The van der Waals surface area contributed by atoms with E-state index >= 15 is 0 Å². The molecule has 1 saturated heterocycles. The van der Waals surface area contributed by atoms with Gasteiger partial charge in [-0.25, -0.2) is 18.6 Å². The Morgan fingerprint density at radius 3 is 3.00 bits per heavy atom. The van der Waals surface area contributed by atoms with E-state index in [0.29, 0.717) is 0 Å². The number of aromatic carboxylic acids is 1. The van der Waals surface area contributed by atoms with Gasteiger partial charge in [0.25, 0.3) is 5.92 Å². The summed E-state index contributed by atoms with van der Waals surface area (Å²) in [6.45, 7) is -0.596. The van der Waals surface area contributed by atoms with Crippen molar-refractivity contribution in [2.45, 2.75) is 18.6 Å². The first-order valence-corrected chi connectivity index (χ1v) is 5.58. The number of rotatable bonds is 4. The first-order valence-electron chi connectivity index (χ1n) is 5.58. The number of hydrogen-bond acceptors (Lipinski definition) is 5. The molecule has 8 heteroatoms. The van der Waals surface area contributed by atoms with Gasteiger partial charge in [0, 0.05) is 18.3 Å². The van der Waals surface area contributed by atoms with Crippen LogP contribution in [-0.2, 0) is 11.3 Å². The number of carboxylic acids is 1. The monoisotopic (exact) mass is 273 g/mol. The Balaban J connectivity index is 2.07. The minimum absolute atomic E-state index is 0.0406. The number of pyridine rings is 1. The number of hydrogen-bond donors (Lipinski definition) is 3. The van der Waals surface area contributed by atoms with Gasteiger partial charge < -0.3 is 20.9 Å². The number of nitrogens with two attached hydrogens (primary N) is 1. The summed E-state index contributed by atoms with van der Waals surface area (Å²) >= 11 is 0. The molecule has 4 N–H and O–H groups in total. The quantitative estimate of drug-likeness (QED) is 0.738. The maximum absolute atomic E-state index is 13.3. The lowest BCUT2D eigenvalue weighted by Gasteiger charge is -2.18. The number of nitrogens with one attached hydrogen (secondary N) is 1. The Morgan fingerprint density at radius 1 is 1.68 bits per heavy atom. The maximum Gasteiger partial charge on any atom is 0.337 e. The van der Waals surface area contributed by atoms with Crippen LogP contribution in [0.15, 0.2) is 12.3 Å². The zero-order valence-electron chi connectivity index (χ0n) is 9.90. The van der Waals surface area contributed by atoms with Crippen LogP contribution < -0.4 is 11.1 Å². The van der Waals surface area contributed by atoms with E-state index in [1.807, 2.05) is 0 Å². The fraction of sp³-hybridized carbons (Fsp3) is 0.455. The summed E-state index contributed by atoms with van der Waals surface area (Å²) in [5.41, 5.74) is 5.77. The van der Waals surface area contributed by atoms with E-state index < -0.39 is 24.5 Å². The molecular formula is C11H13F2N3O3. The van der Waals surface area contributed by atoms with Crippen molar-refractivity contribution in [3.8, 4) is 0 Å². The average Bonchev–Trinajstić information content (AvgIpc) is 2.67. The number of anilines is 1. The van der Waals surface area contributed by atoms with Crippen molar-refractivity contribution < 1.29 is 23.4 Å². The van der Waals surface area contributed by atoms with Crippen molar-refractivity contribution in [3.05, 3.63) is 23.4 Å². The molecule has 0 radical (unpaired) electrons. The molecule has 1 unspecified atom stereocenters. The van der Waals surface area contributed by atoms with E-state index in [-0.39, 0.29) is 30.1 Å². The van der Waals surface area contributed by atoms with E-state index in [1.54, 1.807) is 0 Å². The molecule has 2 heterocycles. The Hall–Kier alpha value is -1.80. The summed E-state index contributed by atoms with van der Waals surface area (Å²) in [7, 11) is 0. The number of carbonyl (C=O) groups is 1. The lowest BCUT2D eigenvalue weighted by atomic mass is 10.2. The molecule has 104 valence electrons. The molecule has 0 aliphatic carbocycles. The highest BCUT2D eigenvalue weighted by Crippen LogP contribution is 2.26.